The normalized spacial score (nSPS) is 13.6. The molecule has 0 saturated heterocycles. The number of carboxylic acid groups (broad SMARTS) is 1. The van der Waals surface area contributed by atoms with Crippen LogP contribution in [-0.4, -0.2) is 41.8 Å². The van der Waals surface area contributed by atoms with Crippen LogP contribution in [0.2, 0.25) is 0 Å². The van der Waals surface area contributed by atoms with Gasteiger partial charge in [-0.3, -0.25) is 9.59 Å². The van der Waals surface area contributed by atoms with Crippen LogP contribution in [0.3, 0.4) is 0 Å². The summed E-state index contributed by atoms with van der Waals surface area (Å²) in [5.41, 5.74) is 4.44. The molecule has 0 heterocycles. The monoisotopic (exact) mass is 434 g/mol. The number of carboxylic acids is 1. The first-order valence-electron chi connectivity index (χ1n) is 10.4. The molecule has 3 rings (SSSR count). The van der Waals surface area contributed by atoms with E-state index in [0.29, 0.717) is 0 Å². The predicted octanol–water partition coefficient (Wildman–Crippen LogP) is 3.29. The molecule has 2 atom stereocenters. The lowest BCUT2D eigenvalue weighted by molar-refractivity contribution is -0.137. The number of aliphatic carboxylic acids is 1. The topological polar surface area (TPSA) is 105 Å². The van der Waals surface area contributed by atoms with Gasteiger partial charge < -0.3 is 20.5 Å². The Morgan fingerprint density at radius 3 is 2.19 bits per heavy atom. The van der Waals surface area contributed by atoms with Crippen molar-refractivity contribution in [1.29, 1.82) is 0 Å². The average Bonchev–Trinajstić information content (AvgIpc) is 3.08. The number of rotatable bonds is 8. The number of alkyl carbamates (subject to hydrolysis) is 1. The Morgan fingerprint density at radius 1 is 1.03 bits per heavy atom. The van der Waals surface area contributed by atoms with Crippen molar-refractivity contribution in [3.63, 3.8) is 0 Å². The number of ether oxygens (including phenoxy) is 1. The number of nitrogens with one attached hydrogen (secondary N) is 2. The van der Waals surface area contributed by atoms with Crippen LogP contribution in [0.15, 0.2) is 48.5 Å². The van der Waals surface area contributed by atoms with Gasteiger partial charge in [-0.2, -0.15) is 0 Å². The zero-order chi connectivity index (χ0) is 23.1. The molecule has 0 bridgehead atoms. The van der Waals surface area contributed by atoms with E-state index in [-0.39, 0.29) is 25.4 Å². The van der Waals surface area contributed by atoms with Crippen molar-refractivity contribution in [3.8, 4) is 23.0 Å². The van der Waals surface area contributed by atoms with Crippen LogP contribution >= 0.6 is 0 Å². The maximum atomic E-state index is 12.5. The van der Waals surface area contributed by atoms with E-state index in [1.165, 1.54) is 0 Å². The first-order valence-corrected chi connectivity index (χ1v) is 10.4. The summed E-state index contributed by atoms with van der Waals surface area (Å²) in [5.74, 6) is 3.85. The second-order valence-corrected chi connectivity index (χ2v) is 7.66. The molecule has 0 saturated carbocycles. The molecule has 166 valence electrons. The molecule has 3 N–H and O–H groups in total. The van der Waals surface area contributed by atoms with E-state index in [9.17, 15) is 14.4 Å². The van der Waals surface area contributed by atoms with Gasteiger partial charge in [0, 0.05) is 18.4 Å². The molecule has 1 aliphatic carbocycles. The summed E-state index contributed by atoms with van der Waals surface area (Å²) in [4.78, 5) is 35.9. The number of benzene rings is 2. The molecule has 2 aromatic rings. The molecule has 0 aromatic heterocycles. The van der Waals surface area contributed by atoms with Crippen LogP contribution in [0.25, 0.3) is 11.1 Å². The highest BCUT2D eigenvalue weighted by Crippen LogP contribution is 2.44. The highest BCUT2D eigenvalue weighted by molar-refractivity contribution is 5.86. The van der Waals surface area contributed by atoms with Crippen LogP contribution in [-0.2, 0) is 14.3 Å². The van der Waals surface area contributed by atoms with Gasteiger partial charge in [-0.25, -0.2) is 4.79 Å². The summed E-state index contributed by atoms with van der Waals surface area (Å²) in [6.07, 6.45) is -0.856. The summed E-state index contributed by atoms with van der Waals surface area (Å²) in [6, 6.07) is 14.5. The van der Waals surface area contributed by atoms with Crippen LogP contribution in [0, 0.1) is 11.8 Å². The largest absolute Gasteiger partial charge is 0.481 e. The molecule has 0 spiro atoms. The number of fused-ring (bicyclic) bond motifs is 3. The minimum absolute atomic E-state index is 0.0896. The Labute approximate surface area is 187 Å². The zero-order valence-corrected chi connectivity index (χ0v) is 18.1. The average molecular weight is 434 g/mol. The van der Waals surface area contributed by atoms with Gasteiger partial charge in [-0.15, -0.1) is 11.8 Å². The predicted molar refractivity (Wildman–Crippen MR) is 120 cm³/mol. The summed E-state index contributed by atoms with van der Waals surface area (Å²) in [7, 11) is 0. The molecule has 1 aliphatic rings. The number of hydrogen-bond acceptors (Lipinski definition) is 4. The van der Waals surface area contributed by atoms with Crippen molar-refractivity contribution >= 4 is 18.0 Å². The van der Waals surface area contributed by atoms with E-state index in [1.54, 1.807) is 13.8 Å². The molecule has 2 aromatic carbocycles. The summed E-state index contributed by atoms with van der Waals surface area (Å²) in [5, 5.41) is 14.0. The lowest BCUT2D eigenvalue weighted by Crippen LogP contribution is -2.49. The van der Waals surface area contributed by atoms with E-state index in [4.69, 9.17) is 9.84 Å². The minimum Gasteiger partial charge on any atom is -0.481 e. The summed E-state index contributed by atoms with van der Waals surface area (Å²) < 4.78 is 5.50. The number of hydrogen-bond donors (Lipinski definition) is 3. The standard InChI is InChI=1S/C25H26N2O5/c1-3-4-13-22(24(30)26-16(2)14-23(28)29)27-25(31)32-15-21-19-11-7-5-9-17(19)18-10-6-8-12-20(18)21/h5-12,16,21-22H,13-15H2,1-2H3,(H,26,30)(H,27,31)(H,28,29)/t16-,22?/m0/s1. The van der Waals surface area contributed by atoms with E-state index >= 15 is 0 Å². The molecular formula is C25H26N2O5. The molecular weight excluding hydrogens is 408 g/mol. The number of carbonyl (C=O) groups excluding carboxylic acids is 2. The maximum Gasteiger partial charge on any atom is 0.407 e. The lowest BCUT2D eigenvalue weighted by atomic mass is 9.98. The molecule has 0 fully saturated rings. The molecule has 7 nitrogen and oxygen atoms in total. The Morgan fingerprint density at radius 2 is 1.62 bits per heavy atom. The summed E-state index contributed by atoms with van der Waals surface area (Å²) in [6.45, 7) is 3.35. The van der Waals surface area contributed by atoms with Gasteiger partial charge in [0.1, 0.15) is 12.6 Å². The van der Waals surface area contributed by atoms with Crippen molar-refractivity contribution < 1.29 is 24.2 Å². The zero-order valence-electron chi connectivity index (χ0n) is 18.1. The fourth-order valence-electron chi connectivity index (χ4n) is 3.85. The van der Waals surface area contributed by atoms with Gasteiger partial charge >= 0.3 is 12.1 Å². The van der Waals surface area contributed by atoms with Crippen molar-refractivity contribution in [2.45, 2.75) is 44.7 Å². The first kappa shape index (κ1) is 22.9. The third kappa shape index (κ3) is 5.46. The highest BCUT2D eigenvalue weighted by Gasteiger charge is 2.30. The van der Waals surface area contributed by atoms with Crippen molar-refractivity contribution in [3.05, 3.63) is 59.7 Å². The van der Waals surface area contributed by atoms with Crippen LogP contribution < -0.4 is 10.6 Å². The smallest absolute Gasteiger partial charge is 0.407 e. The van der Waals surface area contributed by atoms with Crippen molar-refractivity contribution in [1.82, 2.24) is 10.6 Å². The number of amides is 2. The van der Waals surface area contributed by atoms with Gasteiger partial charge in [0.05, 0.1) is 6.42 Å². The lowest BCUT2D eigenvalue weighted by Gasteiger charge is -2.20. The van der Waals surface area contributed by atoms with E-state index < -0.39 is 30.1 Å². The van der Waals surface area contributed by atoms with Crippen LogP contribution in [0.5, 0.6) is 0 Å². The van der Waals surface area contributed by atoms with E-state index in [2.05, 4.69) is 34.6 Å². The third-order valence-corrected chi connectivity index (χ3v) is 5.30. The second kappa shape index (κ2) is 10.5. The second-order valence-electron chi connectivity index (χ2n) is 7.66. The Balaban J connectivity index is 1.64. The Kier molecular flexibility index (Phi) is 7.50. The van der Waals surface area contributed by atoms with Gasteiger partial charge in [0.2, 0.25) is 5.91 Å². The minimum atomic E-state index is -1.02. The van der Waals surface area contributed by atoms with Crippen molar-refractivity contribution in [2.75, 3.05) is 6.61 Å². The van der Waals surface area contributed by atoms with Crippen LogP contribution in [0.4, 0.5) is 4.79 Å². The molecule has 1 unspecified atom stereocenters. The quantitative estimate of drug-likeness (QED) is 0.553. The van der Waals surface area contributed by atoms with Gasteiger partial charge in [-0.1, -0.05) is 48.5 Å². The fraction of sp³-hybridized carbons (Fsp3) is 0.320. The van der Waals surface area contributed by atoms with Crippen molar-refractivity contribution in [2.24, 2.45) is 0 Å². The maximum absolute atomic E-state index is 12.5. The number of carbonyl (C=O) groups is 3. The van der Waals surface area contributed by atoms with E-state index in [1.807, 2.05) is 36.4 Å². The molecule has 2 amide bonds. The Bertz CT molecular complexity index is 1020. The molecule has 32 heavy (non-hydrogen) atoms. The van der Waals surface area contributed by atoms with E-state index in [0.717, 1.165) is 22.3 Å². The van der Waals surface area contributed by atoms with Crippen LogP contribution in [0.1, 0.15) is 43.7 Å². The first-order chi connectivity index (χ1) is 15.4. The van der Waals surface area contributed by atoms with Gasteiger partial charge in [0.15, 0.2) is 0 Å². The van der Waals surface area contributed by atoms with Gasteiger partial charge in [0.25, 0.3) is 0 Å². The molecule has 0 aliphatic heterocycles. The highest BCUT2D eigenvalue weighted by atomic mass is 16.5. The molecule has 0 radical (unpaired) electrons. The van der Waals surface area contributed by atoms with Gasteiger partial charge in [-0.05, 0) is 36.1 Å². The third-order valence-electron chi connectivity index (χ3n) is 5.30. The molecule has 7 heteroatoms. The fourth-order valence-corrected chi connectivity index (χ4v) is 3.85. The summed E-state index contributed by atoms with van der Waals surface area (Å²) >= 11 is 0. The Hall–Kier alpha value is -3.79. The SMILES string of the molecule is CC#CCC(NC(=O)OCC1c2ccccc2-c2ccccc21)C(=O)N[C@@H](C)CC(=O)O.